The number of piperidine rings is 1. The summed E-state index contributed by atoms with van der Waals surface area (Å²) in [7, 11) is 0. The number of rotatable bonds is 4. The van der Waals surface area contributed by atoms with Crippen molar-refractivity contribution in [3.63, 3.8) is 0 Å². The molecule has 0 aliphatic carbocycles. The number of benzene rings is 3. The minimum Gasteiger partial charge on any atom is -0.362 e. The summed E-state index contributed by atoms with van der Waals surface area (Å²) in [6, 6.07) is 21.8. The van der Waals surface area contributed by atoms with Crippen molar-refractivity contribution in [1.29, 1.82) is 0 Å². The van der Waals surface area contributed by atoms with Crippen LogP contribution in [0.25, 0.3) is 10.8 Å². The van der Waals surface area contributed by atoms with Crippen LogP contribution in [0, 0.1) is 5.92 Å². The number of likely N-dealkylation sites (tertiary alicyclic amines) is 1. The van der Waals surface area contributed by atoms with Crippen LogP contribution in [0.3, 0.4) is 0 Å². The Morgan fingerprint density at radius 3 is 2.43 bits per heavy atom. The zero-order chi connectivity index (χ0) is 24.2. The smallest absolute Gasteiger partial charge is 0.257 e. The molecular weight excluding hydrogens is 440 g/mol. The molecule has 7 heteroatoms. The van der Waals surface area contributed by atoms with Gasteiger partial charge in [-0.05, 0) is 54.2 Å². The van der Waals surface area contributed by atoms with E-state index in [0.717, 1.165) is 35.8 Å². The zero-order valence-electron chi connectivity index (χ0n) is 19.7. The molecule has 2 N–H and O–H groups in total. The molecule has 3 aromatic carbocycles. The fourth-order valence-electron chi connectivity index (χ4n) is 5.15. The van der Waals surface area contributed by atoms with Crippen molar-refractivity contribution < 1.29 is 14.4 Å². The predicted octanol–water partition coefficient (Wildman–Crippen LogP) is 3.29. The van der Waals surface area contributed by atoms with E-state index in [1.54, 1.807) is 0 Å². The van der Waals surface area contributed by atoms with Crippen molar-refractivity contribution in [3.8, 4) is 0 Å². The van der Waals surface area contributed by atoms with Crippen molar-refractivity contribution in [2.24, 2.45) is 5.92 Å². The summed E-state index contributed by atoms with van der Waals surface area (Å²) in [5.41, 5.74) is 8.20. The minimum atomic E-state index is -0.237. The van der Waals surface area contributed by atoms with Gasteiger partial charge in [0, 0.05) is 36.8 Å². The van der Waals surface area contributed by atoms with Crippen molar-refractivity contribution in [3.05, 3.63) is 77.9 Å². The molecule has 3 amide bonds. The number of nitrogens with zero attached hydrogens (tertiary/aromatic N) is 2. The lowest BCUT2D eigenvalue weighted by molar-refractivity contribution is -0.131. The topological polar surface area (TPSA) is 81.8 Å². The highest BCUT2D eigenvalue weighted by Gasteiger charge is 2.29. The third kappa shape index (κ3) is 4.99. The number of anilines is 1. The van der Waals surface area contributed by atoms with Crippen LogP contribution in [0.15, 0.2) is 66.7 Å². The molecule has 5 rings (SSSR count). The van der Waals surface area contributed by atoms with E-state index < -0.39 is 0 Å². The molecule has 0 aromatic heterocycles. The molecule has 0 spiro atoms. The number of aryl methyl sites for hydroxylation is 1. The Labute approximate surface area is 205 Å². The van der Waals surface area contributed by atoms with Crippen LogP contribution in [-0.2, 0) is 16.0 Å². The summed E-state index contributed by atoms with van der Waals surface area (Å²) in [6.45, 7) is 2.05. The van der Waals surface area contributed by atoms with E-state index in [1.165, 1.54) is 5.56 Å². The average molecular weight is 471 g/mol. The van der Waals surface area contributed by atoms with Crippen LogP contribution < -0.4 is 15.8 Å². The van der Waals surface area contributed by atoms with Crippen molar-refractivity contribution in [2.45, 2.75) is 25.7 Å². The van der Waals surface area contributed by atoms with Gasteiger partial charge in [0.05, 0.1) is 6.54 Å². The molecule has 3 aromatic rings. The Bertz CT molecular complexity index is 1240. The van der Waals surface area contributed by atoms with Crippen LogP contribution in [0.5, 0.6) is 0 Å². The number of hydrazine groups is 1. The Morgan fingerprint density at radius 1 is 0.829 bits per heavy atom. The average Bonchev–Trinajstić information content (AvgIpc) is 2.91. The first-order valence-corrected chi connectivity index (χ1v) is 12.3. The van der Waals surface area contributed by atoms with Crippen LogP contribution in [0.1, 0.15) is 35.2 Å². The largest absolute Gasteiger partial charge is 0.362 e. The number of hydrogen-bond acceptors (Lipinski definition) is 4. The molecule has 0 saturated carbocycles. The van der Waals surface area contributed by atoms with Crippen LogP contribution in [0.2, 0.25) is 0 Å². The Morgan fingerprint density at radius 2 is 1.57 bits per heavy atom. The first kappa shape index (κ1) is 22.9. The highest BCUT2D eigenvalue weighted by Crippen LogP contribution is 2.26. The van der Waals surface area contributed by atoms with E-state index in [-0.39, 0.29) is 30.2 Å². The maximum atomic E-state index is 13.1. The third-order valence-corrected chi connectivity index (χ3v) is 7.04. The van der Waals surface area contributed by atoms with Gasteiger partial charge in [-0.2, -0.15) is 0 Å². The van der Waals surface area contributed by atoms with E-state index in [4.69, 9.17) is 0 Å². The van der Waals surface area contributed by atoms with Gasteiger partial charge < -0.3 is 9.80 Å². The van der Waals surface area contributed by atoms with Gasteiger partial charge >= 0.3 is 0 Å². The third-order valence-electron chi connectivity index (χ3n) is 7.04. The second kappa shape index (κ2) is 10.2. The molecule has 0 atom stereocenters. The molecule has 1 fully saturated rings. The second-order valence-corrected chi connectivity index (χ2v) is 9.28. The number of fused-ring (bicyclic) bond motifs is 2. The van der Waals surface area contributed by atoms with Gasteiger partial charge in [-0.25, -0.2) is 0 Å². The molecular formula is C28H30N4O3. The fraction of sp³-hybridized carbons (Fsp3) is 0.321. The molecule has 7 nitrogen and oxygen atoms in total. The number of nitrogens with one attached hydrogen (secondary N) is 2. The van der Waals surface area contributed by atoms with E-state index >= 15 is 0 Å². The number of para-hydroxylation sites is 1. The van der Waals surface area contributed by atoms with Crippen molar-refractivity contribution in [2.75, 3.05) is 31.1 Å². The maximum absolute atomic E-state index is 13.1. The molecule has 35 heavy (non-hydrogen) atoms. The highest BCUT2D eigenvalue weighted by atomic mass is 16.2. The first-order valence-electron chi connectivity index (χ1n) is 12.3. The monoisotopic (exact) mass is 470 g/mol. The normalized spacial score (nSPS) is 16.0. The van der Waals surface area contributed by atoms with Crippen LogP contribution >= 0.6 is 0 Å². The molecule has 0 bridgehead atoms. The molecule has 0 radical (unpaired) electrons. The van der Waals surface area contributed by atoms with Gasteiger partial charge in [0.2, 0.25) is 5.91 Å². The van der Waals surface area contributed by atoms with Gasteiger partial charge in [0.1, 0.15) is 0 Å². The summed E-state index contributed by atoms with van der Waals surface area (Å²) < 4.78 is 0. The van der Waals surface area contributed by atoms with E-state index in [1.807, 2.05) is 65.6 Å². The number of carbonyl (C=O) groups excluding carboxylic acids is 3. The maximum Gasteiger partial charge on any atom is 0.257 e. The van der Waals surface area contributed by atoms with E-state index in [2.05, 4.69) is 21.8 Å². The number of carbonyl (C=O) groups is 3. The molecule has 2 aliphatic rings. The minimum absolute atomic E-state index is 0.00391. The van der Waals surface area contributed by atoms with Gasteiger partial charge in [-0.3, -0.25) is 25.2 Å². The summed E-state index contributed by atoms with van der Waals surface area (Å²) in [5, 5.41) is 1.98. The first-order chi connectivity index (χ1) is 17.1. The quantitative estimate of drug-likeness (QED) is 0.574. The van der Waals surface area contributed by atoms with Crippen molar-refractivity contribution >= 4 is 34.2 Å². The highest BCUT2D eigenvalue weighted by molar-refractivity contribution is 6.07. The lowest BCUT2D eigenvalue weighted by Gasteiger charge is -2.32. The van der Waals surface area contributed by atoms with Crippen molar-refractivity contribution in [1.82, 2.24) is 15.8 Å². The lowest BCUT2D eigenvalue weighted by Crippen LogP contribution is -2.50. The molecule has 1 saturated heterocycles. The molecule has 2 aliphatic heterocycles. The molecule has 180 valence electrons. The van der Waals surface area contributed by atoms with Gasteiger partial charge in [-0.1, -0.05) is 54.6 Å². The fourth-order valence-corrected chi connectivity index (χ4v) is 5.15. The standard InChI is InChI=1S/C28H30N4O3/c33-26(19-32-16-6-10-21-8-2-4-13-25(21)32)29-30-27(34)22-14-17-31(18-15-22)28(35)24-12-5-9-20-7-1-3-11-23(20)24/h1-5,7-9,11-13,22H,6,10,14-19H2,(H,29,33)(H,30,34). The Kier molecular flexibility index (Phi) is 6.66. The van der Waals surface area contributed by atoms with E-state index in [9.17, 15) is 14.4 Å². The number of amides is 3. The second-order valence-electron chi connectivity index (χ2n) is 9.28. The Hall–Kier alpha value is -3.87. The number of hydrogen-bond donors (Lipinski definition) is 2. The summed E-state index contributed by atoms with van der Waals surface area (Å²) in [6.07, 6.45) is 3.16. The SMILES string of the molecule is O=C(CN1CCCc2ccccc21)NNC(=O)C1CCN(C(=O)c2cccc3ccccc23)CC1. The van der Waals surface area contributed by atoms with Gasteiger partial charge in [0.25, 0.3) is 11.8 Å². The van der Waals surface area contributed by atoms with Crippen LogP contribution in [-0.4, -0.2) is 48.8 Å². The summed E-state index contributed by atoms with van der Waals surface area (Å²) in [4.78, 5) is 42.2. The van der Waals surface area contributed by atoms with Gasteiger partial charge in [-0.15, -0.1) is 0 Å². The lowest BCUT2D eigenvalue weighted by atomic mass is 9.95. The molecule has 2 heterocycles. The van der Waals surface area contributed by atoms with Gasteiger partial charge in [0.15, 0.2) is 0 Å². The Balaban J connectivity index is 1.11. The summed E-state index contributed by atoms with van der Waals surface area (Å²) in [5.74, 6) is -0.674. The van der Waals surface area contributed by atoms with Crippen LogP contribution in [0.4, 0.5) is 5.69 Å². The molecule has 0 unspecified atom stereocenters. The van der Waals surface area contributed by atoms with E-state index in [0.29, 0.717) is 31.5 Å². The zero-order valence-corrected chi connectivity index (χ0v) is 19.7. The predicted molar refractivity (Wildman–Crippen MR) is 136 cm³/mol. The summed E-state index contributed by atoms with van der Waals surface area (Å²) >= 11 is 0.